The zero-order valence-corrected chi connectivity index (χ0v) is 12.5. The van der Waals surface area contributed by atoms with E-state index in [1.807, 2.05) is 7.05 Å². The second-order valence-corrected chi connectivity index (χ2v) is 7.23. The van der Waals surface area contributed by atoms with E-state index >= 15 is 0 Å². The van der Waals surface area contributed by atoms with E-state index < -0.39 is 9.84 Å². The molecule has 1 atom stereocenters. The molecule has 1 unspecified atom stereocenters. The Morgan fingerprint density at radius 3 is 2.50 bits per heavy atom. The summed E-state index contributed by atoms with van der Waals surface area (Å²) in [5, 5.41) is 3.28. The van der Waals surface area contributed by atoms with Gasteiger partial charge in [-0.1, -0.05) is 23.8 Å². The van der Waals surface area contributed by atoms with Gasteiger partial charge in [-0.3, -0.25) is 0 Å². The Morgan fingerprint density at radius 2 is 1.94 bits per heavy atom. The first-order chi connectivity index (χ1) is 8.33. The summed E-state index contributed by atoms with van der Waals surface area (Å²) in [6, 6.07) is 6.62. The minimum absolute atomic E-state index is 0.228. The lowest BCUT2D eigenvalue weighted by atomic mass is 9.96. The molecule has 0 aliphatic rings. The molecule has 0 aliphatic carbocycles. The number of rotatable bonds is 6. The average molecular weight is 269 g/mol. The maximum Gasteiger partial charge on any atom is 0.147 e. The molecule has 0 amide bonds. The molecule has 3 nitrogen and oxygen atoms in total. The Balaban J connectivity index is 2.74. The van der Waals surface area contributed by atoms with Gasteiger partial charge in [-0.25, -0.2) is 8.42 Å². The Labute approximate surface area is 111 Å². The third-order valence-electron chi connectivity index (χ3n) is 3.17. The summed E-state index contributed by atoms with van der Waals surface area (Å²) < 4.78 is 22.3. The summed E-state index contributed by atoms with van der Waals surface area (Å²) >= 11 is 0. The molecule has 0 radical (unpaired) electrons. The van der Waals surface area contributed by atoms with Gasteiger partial charge in [0.2, 0.25) is 0 Å². The molecule has 0 spiro atoms. The predicted molar refractivity (Wildman–Crippen MR) is 76.7 cm³/mol. The highest BCUT2D eigenvalue weighted by atomic mass is 32.2. The highest BCUT2D eigenvalue weighted by Crippen LogP contribution is 2.23. The quantitative estimate of drug-likeness (QED) is 0.862. The maximum absolute atomic E-state index is 11.1. The highest BCUT2D eigenvalue weighted by molar-refractivity contribution is 7.90. The number of hydrogen-bond acceptors (Lipinski definition) is 3. The smallest absolute Gasteiger partial charge is 0.147 e. The monoisotopic (exact) mass is 269 g/mol. The maximum atomic E-state index is 11.1. The molecule has 1 rings (SSSR count). The fraction of sp³-hybridized carbons (Fsp3) is 0.571. The number of benzene rings is 1. The Morgan fingerprint density at radius 1 is 1.28 bits per heavy atom. The summed E-state index contributed by atoms with van der Waals surface area (Å²) in [5.74, 6) is 0.260. The molecule has 18 heavy (non-hydrogen) atoms. The largest absolute Gasteiger partial charge is 0.313 e. The molecular weight excluding hydrogens is 246 g/mol. The van der Waals surface area contributed by atoms with Crippen LogP contribution in [0.4, 0.5) is 0 Å². The van der Waals surface area contributed by atoms with Gasteiger partial charge in [0.25, 0.3) is 0 Å². The Hall–Kier alpha value is -0.870. The fourth-order valence-electron chi connectivity index (χ4n) is 2.14. The fourth-order valence-corrected chi connectivity index (χ4v) is 2.83. The van der Waals surface area contributed by atoms with Crippen LogP contribution in [0.2, 0.25) is 0 Å². The van der Waals surface area contributed by atoms with Crippen molar-refractivity contribution in [3.8, 4) is 0 Å². The lowest BCUT2D eigenvalue weighted by Gasteiger charge is -2.19. The van der Waals surface area contributed by atoms with Gasteiger partial charge in [0.05, 0.1) is 0 Å². The molecule has 0 fully saturated rings. The van der Waals surface area contributed by atoms with Crippen molar-refractivity contribution in [2.75, 3.05) is 19.1 Å². The summed E-state index contributed by atoms with van der Waals surface area (Å²) in [7, 11) is -0.933. The summed E-state index contributed by atoms with van der Waals surface area (Å²) in [6.07, 6.45) is 2.82. The van der Waals surface area contributed by atoms with Crippen LogP contribution in [0, 0.1) is 13.8 Å². The van der Waals surface area contributed by atoms with Gasteiger partial charge in [-0.05, 0) is 44.9 Å². The minimum atomic E-state index is -2.86. The van der Waals surface area contributed by atoms with Gasteiger partial charge in [0.1, 0.15) is 9.84 Å². The molecule has 4 heteroatoms. The van der Waals surface area contributed by atoms with Crippen molar-refractivity contribution < 1.29 is 8.42 Å². The molecule has 0 heterocycles. The Kier molecular flexibility index (Phi) is 5.35. The molecule has 102 valence electrons. The topological polar surface area (TPSA) is 46.2 Å². The zero-order chi connectivity index (χ0) is 13.8. The average Bonchev–Trinajstić information content (AvgIpc) is 2.27. The third-order valence-corrected chi connectivity index (χ3v) is 4.20. The highest BCUT2D eigenvalue weighted by Gasteiger charge is 2.13. The Bertz CT molecular complexity index is 495. The second-order valence-electron chi connectivity index (χ2n) is 4.97. The molecule has 1 aromatic rings. The van der Waals surface area contributed by atoms with Gasteiger partial charge in [-0.2, -0.15) is 0 Å². The number of aryl methyl sites for hydroxylation is 2. The molecule has 0 aromatic heterocycles. The van der Waals surface area contributed by atoms with Crippen LogP contribution in [0.25, 0.3) is 0 Å². The molecular formula is C14H23NO2S. The first-order valence-electron chi connectivity index (χ1n) is 6.25. The van der Waals surface area contributed by atoms with E-state index in [0.717, 1.165) is 6.42 Å². The predicted octanol–water partition coefficient (Wildman–Crippen LogP) is 2.39. The molecule has 0 aliphatic heterocycles. The number of sulfone groups is 1. The van der Waals surface area contributed by atoms with Crippen LogP contribution in [-0.4, -0.2) is 27.5 Å². The van der Waals surface area contributed by atoms with Crippen molar-refractivity contribution in [2.24, 2.45) is 0 Å². The van der Waals surface area contributed by atoms with Gasteiger partial charge in [0.15, 0.2) is 0 Å². The van der Waals surface area contributed by atoms with Crippen LogP contribution in [0.1, 0.15) is 35.6 Å². The number of hydrogen-bond donors (Lipinski definition) is 1. The summed E-state index contributed by atoms with van der Waals surface area (Å²) in [5.41, 5.74) is 3.75. The third kappa shape index (κ3) is 4.78. The van der Waals surface area contributed by atoms with E-state index in [1.165, 1.54) is 22.9 Å². The molecule has 0 saturated heterocycles. The van der Waals surface area contributed by atoms with E-state index in [-0.39, 0.29) is 11.8 Å². The van der Waals surface area contributed by atoms with Gasteiger partial charge in [-0.15, -0.1) is 0 Å². The lowest BCUT2D eigenvalue weighted by molar-refractivity contribution is 0.534. The second kappa shape index (κ2) is 6.34. The first-order valence-corrected chi connectivity index (χ1v) is 8.31. The van der Waals surface area contributed by atoms with E-state index in [4.69, 9.17) is 0 Å². The minimum Gasteiger partial charge on any atom is -0.313 e. The van der Waals surface area contributed by atoms with Crippen molar-refractivity contribution in [2.45, 2.75) is 32.7 Å². The van der Waals surface area contributed by atoms with Gasteiger partial charge in [0, 0.05) is 18.1 Å². The molecule has 1 N–H and O–H groups in total. The van der Waals surface area contributed by atoms with E-state index in [1.54, 1.807) is 0 Å². The van der Waals surface area contributed by atoms with Crippen molar-refractivity contribution in [3.63, 3.8) is 0 Å². The van der Waals surface area contributed by atoms with E-state index in [0.29, 0.717) is 6.42 Å². The van der Waals surface area contributed by atoms with Crippen molar-refractivity contribution >= 4 is 9.84 Å². The molecule has 0 bridgehead atoms. The van der Waals surface area contributed by atoms with Crippen LogP contribution in [0.3, 0.4) is 0 Å². The summed E-state index contributed by atoms with van der Waals surface area (Å²) in [6.45, 7) is 4.17. The van der Waals surface area contributed by atoms with E-state index in [9.17, 15) is 8.42 Å². The number of nitrogens with one attached hydrogen (secondary N) is 1. The molecule has 1 aromatic carbocycles. The SMILES string of the molecule is CNC(CCCS(C)(=O)=O)c1cc(C)ccc1C. The van der Waals surface area contributed by atoms with Crippen molar-refractivity contribution in [1.82, 2.24) is 5.32 Å². The van der Waals surface area contributed by atoms with Gasteiger partial charge >= 0.3 is 0 Å². The first kappa shape index (κ1) is 15.2. The van der Waals surface area contributed by atoms with Crippen molar-refractivity contribution in [3.05, 3.63) is 34.9 Å². The normalized spacial score (nSPS) is 13.6. The van der Waals surface area contributed by atoms with Crippen LogP contribution < -0.4 is 5.32 Å². The van der Waals surface area contributed by atoms with E-state index in [2.05, 4.69) is 37.4 Å². The zero-order valence-electron chi connectivity index (χ0n) is 11.7. The lowest BCUT2D eigenvalue weighted by Crippen LogP contribution is -2.18. The van der Waals surface area contributed by atoms with Crippen LogP contribution in [-0.2, 0) is 9.84 Å². The van der Waals surface area contributed by atoms with Crippen LogP contribution in [0.5, 0.6) is 0 Å². The molecule has 0 saturated carbocycles. The van der Waals surface area contributed by atoms with Crippen LogP contribution >= 0.6 is 0 Å². The summed E-state index contributed by atoms with van der Waals surface area (Å²) in [4.78, 5) is 0. The van der Waals surface area contributed by atoms with Gasteiger partial charge < -0.3 is 5.32 Å². The van der Waals surface area contributed by atoms with Crippen LogP contribution in [0.15, 0.2) is 18.2 Å². The standard InChI is InChI=1S/C14H23NO2S/c1-11-7-8-12(2)13(10-11)14(15-3)6-5-9-18(4,16)17/h7-8,10,14-15H,5-6,9H2,1-4H3. The van der Waals surface area contributed by atoms with Crippen molar-refractivity contribution in [1.29, 1.82) is 0 Å².